The molecule has 0 atom stereocenters. The molecule has 0 fully saturated rings. The number of hydrogen-bond acceptors (Lipinski definition) is 0. The molecule has 0 aliphatic carbocycles. The molecule has 0 nitrogen and oxygen atoms in total. The number of halogens is 1. The van der Waals surface area contributed by atoms with E-state index in [1.54, 1.807) is 0 Å². The van der Waals surface area contributed by atoms with Crippen molar-refractivity contribution in [1.82, 2.24) is 0 Å². The highest BCUT2D eigenvalue weighted by Gasteiger charge is 2.16. The molecule has 0 radical (unpaired) electrons. The first kappa shape index (κ1) is 28.9. The van der Waals surface area contributed by atoms with Crippen LogP contribution in [-0.4, -0.2) is 0 Å². The summed E-state index contributed by atoms with van der Waals surface area (Å²) in [6.07, 6.45) is 0. The Kier molecular flexibility index (Phi) is 11.5. The van der Waals surface area contributed by atoms with Gasteiger partial charge < -0.3 is 0 Å². The third-order valence-corrected chi connectivity index (χ3v) is 11.0. The fourth-order valence-electron chi connectivity index (χ4n) is 4.36. The summed E-state index contributed by atoms with van der Waals surface area (Å²) in [6, 6.07) is 64.7. The summed E-state index contributed by atoms with van der Waals surface area (Å²) in [5.74, 6) is 0. The molecule has 0 aromatic heterocycles. The molecule has 6 rings (SSSR count). The Morgan fingerprint density at radius 2 is 0.333 bits per heavy atom. The molecule has 39 heavy (non-hydrogen) atoms. The lowest BCUT2D eigenvalue weighted by atomic mass is 10.4. The lowest BCUT2D eigenvalue weighted by molar-refractivity contribution is 1.74. The monoisotopic (exact) mass is 652 g/mol. The van der Waals surface area contributed by atoms with Gasteiger partial charge in [-0.3, -0.25) is 0 Å². The van der Waals surface area contributed by atoms with E-state index in [2.05, 4.69) is 182 Å². The van der Waals surface area contributed by atoms with E-state index in [1.165, 1.54) is 31.8 Å². The van der Waals surface area contributed by atoms with Gasteiger partial charge in [-0.05, 0) is 47.7 Å². The Hall–Kier alpha value is -3.09. The third kappa shape index (κ3) is 7.96. The van der Waals surface area contributed by atoms with Crippen molar-refractivity contribution >= 4 is 71.6 Å². The van der Waals surface area contributed by atoms with Crippen LogP contribution in [0.2, 0.25) is 0 Å². The van der Waals surface area contributed by atoms with Crippen molar-refractivity contribution in [3.05, 3.63) is 182 Å². The Bertz CT molecular complexity index is 1170. The van der Waals surface area contributed by atoms with Crippen molar-refractivity contribution in [3.63, 3.8) is 0 Å². The molecule has 0 bridgehead atoms. The standard InChI is InChI=1S/2C18H15P.HI/c2*1-4-10-16(11-5-1)19(17-12-6-2-7-13-17)18-14-8-3-9-15-18;/h2*1-15H;1H. The molecule has 0 amide bonds. The van der Waals surface area contributed by atoms with Gasteiger partial charge in [-0.2, -0.15) is 0 Å². The van der Waals surface area contributed by atoms with Crippen molar-refractivity contribution in [2.75, 3.05) is 0 Å². The number of hydrogen-bond donors (Lipinski definition) is 0. The second-order valence-electron chi connectivity index (χ2n) is 8.68. The fraction of sp³-hybridized carbons (Fsp3) is 0. The first-order valence-electron chi connectivity index (χ1n) is 12.8. The highest BCUT2D eigenvalue weighted by atomic mass is 127. The summed E-state index contributed by atoms with van der Waals surface area (Å²) >= 11 is 0. The molecular formula is C36H31IP2. The van der Waals surface area contributed by atoms with Crippen LogP contribution in [0, 0.1) is 0 Å². The first-order chi connectivity index (χ1) is 18.9. The van der Waals surface area contributed by atoms with Gasteiger partial charge in [0.05, 0.1) is 0 Å². The summed E-state index contributed by atoms with van der Waals surface area (Å²) < 4.78 is 0. The van der Waals surface area contributed by atoms with E-state index in [1.807, 2.05) is 0 Å². The van der Waals surface area contributed by atoms with Crippen molar-refractivity contribution < 1.29 is 0 Å². The third-order valence-electron chi connectivity index (χ3n) is 6.09. The second kappa shape index (κ2) is 15.5. The van der Waals surface area contributed by atoms with Gasteiger partial charge in [-0.15, -0.1) is 24.0 Å². The summed E-state index contributed by atoms with van der Waals surface area (Å²) in [5, 5.41) is 8.39. The fourth-order valence-corrected chi connectivity index (χ4v) is 8.97. The van der Waals surface area contributed by atoms with Crippen LogP contribution in [0.5, 0.6) is 0 Å². The molecule has 0 aliphatic heterocycles. The molecule has 0 saturated heterocycles. The van der Waals surface area contributed by atoms with E-state index >= 15 is 0 Å². The van der Waals surface area contributed by atoms with Crippen LogP contribution >= 0.6 is 39.8 Å². The van der Waals surface area contributed by atoms with Gasteiger partial charge in [0.15, 0.2) is 0 Å². The van der Waals surface area contributed by atoms with Crippen molar-refractivity contribution in [1.29, 1.82) is 0 Å². The van der Waals surface area contributed by atoms with E-state index in [4.69, 9.17) is 0 Å². The van der Waals surface area contributed by atoms with Crippen LogP contribution in [0.15, 0.2) is 182 Å². The maximum Gasteiger partial charge on any atom is -0.0134 e. The quantitative estimate of drug-likeness (QED) is 0.129. The van der Waals surface area contributed by atoms with Gasteiger partial charge in [0, 0.05) is 0 Å². The lowest BCUT2D eigenvalue weighted by Crippen LogP contribution is -2.20. The topological polar surface area (TPSA) is 0 Å². The van der Waals surface area contributed by atoms with Crippen LogP contribution in [0.3, 0.4) is 0 Å². The predicted octanol–water partition coefficient (Wildman–Crippen LogP) is 7.51. The van der Waals surface area contributed by atoms with Gasteiger partial charge in [0.1, 0.15) is 0 Å². The maximum atomic E-state index is 2.23. The van der Waals surface area contributed by atoms with Gasteiger partial charge in [0.2, 0.25) is 0 Å². The predicted molar refractivity (Wildman–Crippen MR) is 186 cm³/mol. The Labute approximate surface area is 252 Å². The van der Waals surface area contributed by atoms with Crippen LogP contribution in [-0.2, 0) is 0 Å². The van der Waals surface area contributed by atoms with Crippen LogP contribution in [0.25, 0.3) is 0 Å². The minimum Gasteiger partial charge on any atom is -0.107 e. The highest BCUT2D eigenvalue weighted by Crippen LogP contribution is 2.33. The molecule has 0 aliphatic rings. The minimum atomic E-state index is -0.446. The minimum absolute atomic E-state index is 0. The summed E-state index contributed by atoms with van der Waals surface area (Å²) in [6.45, 7) is 0. The van der Waals surface area contributed by atoms with Crippen molar-refractivity contribution in [2.45, 2.75) is 0 Å². The molecule has 0 saturated carbocycles. The molecule has 6 aromatic rings. The summed E-state index contributed by atoms with van der Waals surface area (Å²) in [7, 11) is -0.892. The second-order valence-corrected chi connectivity index (χ2v) is 13.1. The molecule has 192 valence electrons. The van der Waals surface area contributed by atoms with Gasteiger partial charge in [-0.25, -0.2) is 0 Å². The molecule has 3 heteroatoms. The molecule has 0 spiro atoms. The van der Waals surface area contributed by atoms with E-state index in [0.29, 0.717) is 0 Å². The van der Waals surface area contributed by atoms with E-state index in [-0.39, 0.29) is 24.0 Å². The largest absolute Gasteiger partial charge is 0.107 e. The summed E-state index contributed by atoms with van der Waals surface area (Å²) in [5.41, 5.74) is 0. The van der Waals surface area contributed by atoms with E-state index < -0.39 is 15.8 Å². The van der Waals surface area contributed by atoms with Crippen molar-refractivity contribution in [3.8, 4) is 0 Å². The zero-order valence-electron chi connectivity index (χ0n) is 21.6. The van der Waals surface area contributed by atoms with E-state index in [0.717, 1.165) is 0 Å². The normalized spacial score (nSPS) is 10.3. The number of rotatable bonds is 6. The van der Waals surface area contributed by atoms with Gasteiger partial charge >= 0.3 is 0 Å². The van der Waals surface area contributed by atoms with Crippen LogP contribution < -0.4 is 31.8 Å². The Balaban J connectivity index is 0.000000176. The SMILES string of the molecule is I.c1ccc(P(c2ccccc2)c2ccccc2)cc1.c1ccc(P(c2ccccc2)c2ccccc2)cc1. The maximum absolute atomic E-state index is 2.23. The van der Waals surface area contributed by atoms with E-state index in [9.17, 15) is 0 Å². The average Bonchev–Trinajstić information content (AvgIpc) is 3.01. The zero-order chi connectivity index (χ0) is 25.8. The first-order valence-corrected chi connectivity index (χ1v) is 15.5. The number of benzene rings is 6. The zero-order valence-corrected chi connectivity index (χ0v) is 25.7. The molecule has 0 unspecified atom stereocenters. The molecule has 6 aromatic carbocycles. The van der Waals surface area contributed by atoms with Crippen LogP contribution in [0.1, 0.15) is 0 Å². The summed E-state index contributed by atoms with van der Waals surface area (Å²) in [4.78, 5) is 0. The van der Waals surface area contributed by atoms with Crippen molar-refractivity contribution in [2.24, 2.45) is 0 Å². The van der Waals surface area contributed by atoms with Gasteiger partial charge in [0.25, 0.3) is 0 Å². The average molecular weight is 652 g/mol. The molecule has 0 heterocycles. The smallest absolute Gasteiger partial charge is 0.0134 e. The molecule has 0 N–H and O–H groups in total. The Morgan fingerprint density at radius 3 is 0.462 bits per heavy atom. The Morgan fingerprint density at radius 1 is 0.205 bits per heavy atom. The highest BCUT2D eigenvalue weighted by molar-refractivity contribution is 14.0. The molecular weight excluding hydrogens is 621 g/mol. The van der Waals surface area contributed by atoms with Gasteiger partial charge in [-0.1, -0.05) is 182 Å². The lowest BCUT2D eigenvalue weighted by Gasteiger charge is -2.18. The van der Waals surface area contributed by atoms with Crippen LogP contribution in [0.4, 0.5) is 0 Å².